The number of ether oxygens (including phenoxy) is 1. The SMILES string of the molecule is COC(=O)C(C)(C)[C@@H](N)c1cc(Cl)ccc1Cl.Cl. The zero-order valence-electron chi connectivity index (χ0n) is 10.4. The number of methoxy groups -OCH3 is 1. The van der Waals surface area contributed by atoms with E-state index in [0.717, 1.165) is 0 Å². The quantitative estimate of drug-likeness (QED) is 0.867. The Morgan fingerprint density at radius 2 is 1.94 bits per heavy atom. The second kappa shape index (κ2) is 6.62. The fraction of sp³-hybridized carbons (Fsp3) is 0.417. The van der Waals surface area contributed by atoms with Gasteiger partial charge in [0.25, 0.3) is 0 Å². The lowest BCUT2D eigenvalue weighted by Crippen LogP contribution is -2.37. The van der Waals surface area contributed by atoms with Crippen molar-refractivity contribution in [2.75, 3.05) is 7.11 Å². The van der Waals surface area contributed by atoms with Crippen LogP contribution in [0.25, 0.3) is 0 Å². The molecule has 0 heterocycles. The van der Waals surface area contributed by atoms with Crippen LogP contribution in [0.5, 0.6) is 0 Å². The fourth-order valence-electron chi connectivity index (χ4n) is 1.53. The molecule has 0 fully saturated rings. The van der Waals surface area contributed by atoms with E-state index in [9.17, 15) is 4.79 Å². The van der Waals surface area contributed by atoms with Gasteiger partial charge in [-0.3, -0.25) is 4.79 Å². The highest BCUT2D eigenvalue weighted by Gasteiger charge is 2.37. The molecule has 2 N–H and O–H groups in total. The Morgan fingerprint density at radius 3 is 2.44 bits per heavy atom. The summed E-state index contributed by atoms with van der Waals surface area (Å²) in [7, 11) is 1.33. The highest BCUT2D eigenvalue weighted by Crippen LogP contribution is 2.36. The van der Waals surface area contributed by atoms with Crippen LogP contribution >= 0.6 is 35.6 Å². The summed E-state index contributed by atoms with van der Waals surface area (Å²) in [5, 5.41) is 1.01. The van der Waals surface area contributed by atoms with Crippen LogP contribution in [0.3, 0.4) is 0 Å². The number of hydrogen-bond acceptors (Lipinski definition) is 3. The molecule has 0 aromatic heterocycles. The van der Waals surface area contributed by atoms with E-state index in [4.69, 9.17) is 33.7 Å². The molecule has 1 aromatic carbocycles. The van der Waals surface area contributed by atoms with Crippen LogP contribution in [-0.4, -0.2) is 13.1 Å². The number of halogens is 3. The lowest BCUT2D eigenvalue weighted by atomic mass is 9.81. The third-order valence-corrected chi connectivity index (χ3v) is 3.36. The van der Waals surface area contributed by atoms with Crippen molar-refractivity contribution in [2.45, 2.75) is 19.9 Å². The van der Waals surface area contributed by atoms with Gasteiger partial charge in [0.2, 0.25) is 0 Å². The smallest absolute Gasteiger partial charge is 0.313 e. The first-order valence-corrected chi connectivity index (χ1v) is 5.85. The van der Waals surface area contributed by atoms with E-state index in [1.165, 1.54) is 7.11 Å². The molecule has 0 spiro atoms. The zero-order chi connectivity index (χ0) is 13.2. The summed E-state index contributed by atoms with van der Waals surface area (Å²) in [5.74, 6) is -0.388. The van der Waals surface area contributed by atoms with Gasteiger partial charge in [0.1, 0.15) is 0 Å². The topological polar surface area (TPSA) is 52.3 Å². The highest BCUT2D eigenvalue weighted by atomic mass is 35.5. The summed E-state index contributed by atoms with van der Waals surface area (Å²) in [6, 6.07) is 4.41. The van der Waals surface area contributed by atoms with Gasteiger partial charge in [0, 0.05) is 16.1 Å². The maximum absolute atomic E-state index is 11.7. The van der Waals surface area contributed by atoms with Crippen LogP contribution in [0.2, 0.25) is 10.0 Å². The molecule has 0 aliphatic carbocycles. The summed E-state index contributed by atoms with van der Waals surface area (Å²) < 4.78 is 4.73. The second-order valence-electron chi connectivity index (χ2n) is 4.36. The second-order valence-corrected chi connectivity index (χ2v) is 5.20. The third-order valence-electron chi connectivity index (χ3n) is 2.78. The molecule has 1 atom stereocenters. The van der Waals surface area contributed by atoms with Crippen LogP contribution in [0.4, 0.5) is 0 Å². The first-order chi connectivity index (χ1) is 7.80. The Balaban J connectivity index is 0.00000289. The van der Waals surface area contributed by atoms with Crippen molar-refractivity contribution in [3.05, 3.63) is 33.8 Å². The highest BCUT2D eigenvalue weighted by molar-refractivity contribution is 6.33. The van der Waals surface area contributed by atoms with E-state index in [1.54, 1.807) is 32.0 Å². The number of esters is 1. The number of carbonyl (C=O) groups excluding carboxylic acids is 1. The largest absolute Gasteiger partial charge is 0.469 e. The van der Waals surface area contributed by atoms with E-state index >= 15 is 0 Å². The van der Waals surface area contributed by atoms with E-state index in [0.29, 0.717) is 15.6 Å². The van der Waals surface area contributed by atoms with Crippen molar-refractivity contribution in [3.63, 3.8) is 0 Å². The van der Waals surface area contributed by atoms with Crippen molar-refractivity contribution >= 4 is 41.6 Å². The van der Waals surface area contributed by atoms with Gasteiger partial charge in [-0.1, -0.05) is 23.2 Å². The van der Waals surface area contributed by atoms with Gasteiger partial charge in [-0.25, -0.2) is 0 Å². The Morgan fingerprint density at radius 1 is 1.39 bits per heavy atom. The molecule has 18 heavy (non-hydrogen) atoms. The monoisotopic (exact) mass is 311 g/mol. The number of rotatable bonds is 3. The molecule has 0 unspecified atom stereocenters. The van der Waals surface area contributed by atoms with Gasteiger partial charge in [0.05, 0.1) is 12.5 Å². The molecule has 0 bridgehead atoms. The van der Waals surface area contributed by atoms with Crippen molar-refractivity contribution in [2.24, 2.45) is 11.1 Å². The van der Waals surface area contributed by atoms with Crippen molar-refractivity contribution in [1.29, 1.82) is 0 Å². The van der Waals surface area contributed by atoms with Crippen LogP contribution < -0.4 is 5.73 Å². The average Bonchev–Trinajstić information content (AvgIpc) is 2.30. The van der Waals surface area contributed by atoms with Gasteiger partial charge >= 0.3 is 5.97 Å². The van der Waals surface area contributed by atoms with Gasteiger partial charge < -0.3 is 10.5 Å². The number of benzene rings is 1. The molecule has 6 heteroatoms. The van der Waals surface area contributed by atoms with Crippen molar-refractivity contribution in [1.82, 2.24) is 0 Å². The lowest BCUT2D eigenvalue weighted by molar-refractivity contribution is -0.152. The van der Waals surface area contributed by atoms with Gasteiger partial charge in [-0.15, -0.1) is 12.4 Å². The number of hydrogen-bond donors (Lipinski definition) is 1. The molecule has 1 aromatic rings. The summed E-state index contributed by atoms with van der Waals surface area (Å²) in [6.45, 7) is 3.42. The lowest BCUT2D eigenvalue weighted by Gasteiger charge is -2.29. The number of carbonyl (C=O) groups is 1. The molecule has 1 rings (SSSR count). The minimum atomic E-state index is -0.872. The molecule has 0 radical (unpaired) electrons. The first-order valence-electron chi connectivity index (χ1n) is 5.09. The summed E-state index contributed by atoms with van der Waals surface area (Å²) >= 11 is 11.9. The third kappa shape index (κ3) is 3.51. The summed E-state index contributed by atoms with van der Waals surface area (Å²) in [4.78, 5) is 11.7. The molecular formula is C12H16Cl3NO2. The minimum absolute atomic E-state index is 0. The standard InChI is InChI=1S/C12H15Cl2NO2.ClH/c1-12(2,11(16)17-3)10(15)8-6-7(13)4-5-9(8)14;/h4-6,10H,15H2,1-3H3;1H/t10-;/m0./s1. The van der Waals surface area contributed by atoms with E-state index < -0.39 is 11.5 Å². The molecule has 3 nitrogen and oxygen atoms in total. The van der Waals surface area contributed by atoms with Gasteiger partial charge in [0.15, 0.2) is 0 Å². The average molecular weight is 313 g/mol. The molecule has 0 aliphatic heterocycles. The van der Waals surface area contributed by atoms with E-state index in [1.807, 2.05) is 0 Å². The van der Waals surface area contributed by atoms with Gasteiger partial charge in [-0.2, -0.15) is 0 Å². The van der Waals surface area contributed by atoms with Crippen LogP contribution in [-0.2, 0) is 9.53 Å². The van der Waals surface area contributed by atoms with Crippen LogP contribution in [0.1, 0.15) is 25.5 Å². The summed E-state index contributed by atoms with van der Waals surface area (Å²) in [5.41, 5.74) is 5.84. The van der Waals surface area contributed by atoms with Crippen LogP contribution in [0, 0.1) is 5.41 Å². The predicted octanol–water partition coefficient (Wildman–Crippen LogP) is 3.61. The minimum Gasteiger partial charge on any atom is -0.469 e. The molecule has 0 amide bonds. The maximum Gasteiger partial charge on any atom is 0.313 e. The Kier molecular flexibility index (Phi) is 6.44. The molecule has 0 aliphatic rings. The van der Waals surface area contributed by atoms with Gasteiger partial charge in [-0.05, 0) is 37.6 Å². The normalized spacial score (nSPS) is 12.6. The molecule has 0 saturated carbocycles. The number of nitrogens with two attached hydrogens (primary N) is 1. The molecular weight excluding hydrogens is 296 g/mol. The maximum atomic E-state index is 11.7. The molecule has 102 valence electrons. The Labute approximate surface area is 123 Å². The Hall–Kier alpha value is -0.480. The van der Waals surface area contributed by atoms with Crippen molar-refractivity contribution in [3.8, 4) is 0 Å². The first kappa shape index (κ1) is 17.5. The zero-order valence-corrected chi connectivity index (χ0v) is 12.7. The predicted molar refractivity (Wildman–Crippen MR) is 76.4 cm³/mol. The molecule has 0 saturated heterocycles. The van der Waals surface area contributed by atoms with Crippen LogP contribution in [0.15, 0.2) is 18.2 Å². The van der Waals surface area contributed by atoms with Crippen molar-refractivity contribution < 1.29 is 9.53 Å². The Bertz CT molecular complexity index is 435. The van der Waals surface area contributed by atoms with E-state index in [2.05, 4.69) is 0 Å². The summed E-state index contributed by atoms with van der Waals surface area (Å²) in [6.07, 6.45) is 0. The fourth-order valence-corrected chi connectivity index (χ4v) is 1.95. The van der Waals surface area contributed by atoms with E-state index in [-0.39, 0.29) is 18.4 Å².